The molecule has 0 rings (SSSR count). The molecule has 60 valence electrons. The van der Waals surface area contributed by atoms with Gasteiger partial charge in [-0.2, -0.15) is 0 Å². The summed E-state index contributed by atoms with van der Waals surface area (Å²) in [5.74, 6) is 0.414. The SMILES string of the molecule is C=C(C)C(C)C(C)(N)CC. The lowest BCUT2D eigenvalue weighted by molar-refractivity contribution is 0.346. The number of hydrogen-bond acceptors (Lipinski definition) is 1. The molecule has 0 fully saturated rings. The van der Waals surface area contributed by atoms with E-state index in [9.17, 15) is 0 Å². The maximum atomic E-state index is 6.00. The molecule has 0 aromatic heterocycles. The van der Waals surface area contributed by atoms with Crippen molar-refractivity contribution >= 4 is 0 Å². The molecular weight excluding hydrogens is 122 g/mol. The largest absolute Gasteiger partial charge is 0.325 e. The predicted molar refractivity (Wildman–Crippen MR) is 46.9 cm³/mol. The van der Waals surface area contributed by atoms with E-state index >= 15 is 0 Å². The normalized spacial score (nSPS) is 19.7. The van der Waals surface area contributed by atoms with Crippen LogP contribution in [0.4, 0.5) is 0 Å². The molecule has 0 radical (unpaired) electrons. The molecule has 0 heterocycles. The minimum absolute atomic E-state index is 0.0775. The third kappa shape index (κ3) is 2.14. The van der Waals surface area contributed by atoms with Crippen LogP contribution in [0.25, 0.3) is 0 Å². The van der Waals surface area contributed by atoms with Crippen LogP contribution in [0.5, 0.6) is 0 Å². The van der Waals surface area contributed by atoms with Gasteiger partial charge in [0.25, 0.3) is 0 Å². The summed E-state index contributed by atoms with van der Waals surface area (Å²) in [5, 5.41) is 0. The van der Waals surface area contributed by atoms with Gasteiger partial charge >= 0.3 is 0 Å². The first kappa shape index (κ1) is 9.70. The number of nitrogens with two attached hydrogens (primary N) is 1. The molecule has 1 heteroatoms. The molecule has 0 aromatic rings. The van der Waals surface area contributed by atoms with Crippen LogP contribution in [-0.2, 0) is 0 Å². The molecule has 2 atom stereocenters. The molecule has 0 aromatic carbocycles. The van der Waals surface area contributed by atoms with Crippen molar-refractivity contribution in [3.63, 3.8) is 0 Å². The standard InChI is InChI=1S/C9H19N/c1-6-9(5,10)8(4)7(2)3/h8H,2,6,10H2,1,3-5H3. The van der Waals surface area contributed by atoms with Crippen LogP contribution in [0.15, 0.2) is 12.2 Å². The first-order valence-corrected chi connectivity index (χ1v) is 3.86. The zero-order chi connectivity index (χ0) is 8.36. The van der Waals surface area contributed by atoms with Crippen molar-refractivity contribution in [3.8, 4) is 0 Å². The van der Waals surface area contributed by atoms with E-state index in [-0.39, 0.29) is 5.54 Å². The van der Waals surface area contributed by atoms with E-state index in [0.29, 0.717) is 5.92 Å². The second kappa shape index (κ2) is 3.20. The highest BCUT2D eigenvalue weighted by atomic mass is 14.7. The molecule has 0 aliphatic carbocycles. The van der Waals surface area contributed by atoms with Crippen molar-refractivity contribution < 1.29 is 0 Å². The monoisotopic (exact) mass is 141 g/mol. The van der Waals surface area contributed by atoms with Gasteiger partial charge in [-0.05, 0) is 26.2 Å². The van der Waals surface area contributed by atoms with E-state index in [2.05, 4.69) is 27.4 Å². The first-order valence-electron chi connectivity index (χ1n) is 3.86. The quantitative estimate of drug-likeness (QED) is 0.600. The Labute approximate surface area is 64.3 Å². The molecule has 1 nitrogen and oxygen atoms in total. The van der Waals surface area contributed by atoms with Crippen molar-refractivity contribution in [2.45, 2.75) is 39.7 Å². The van der Waals surface area contributed by atoms with Gasteiger partial charge in [-0.25, -0.2) is 0 Å². The van der Waals surface area contributed by atoms with Gasteiger partial charge in [0.2, 0.25) is 0 Å². The van der Waals surface area contributed by atoms with Gasteiger partial charge in [0, 0.05) is 5.54 Å². The van der Waals surface area contributed by atoms with E-state index in [0.717, 1.165) is 6.42 Å². The third-order valence-electron chi connectivity index (χ3n) is 2.49. The first-order chi connectivity index (χ1) is 4.41. The van der Waals surface area contributed by atoms with Crippen LogP contribution in [0.1, 0.15) is 34.1 Å². The number of hydrogen-bond donors (Lipinski definition) is 1. The lowest BCUT2D eigenvalue weighted by atomic mass is 9.82. The fourth-order valence-corrected chi connectivity index (χ4v) is 0.869. The Kier molecular flexibility index (Phi) is 3.10. The fraction of sp³-hybridized carbons (Fsp3) is 0.778. The Hall–Kier alpha value is -0.300. The van der Waals surface area contributed by atoms with Crippen molar-refractivity contribution in [1.82, 2.24) is 0 Å². The summed E-state index contributed by atoms with van der Waals surface area (Å²) in [5.41, 5.74) is 7.10. The Morgan fingerprint density at radius 2 is 2.10 bits per heavy atom. The van der Waals surface area contributed by atoms with Crippen LogP contribution in [0.3, 0.4) is 0 Å². The van der Waals surface area contributed by atoms with Gasteiger partial charge in [0.05, 0.1) is 0 Å². The highest BCUT2D eigenvalue weighted by Gasteiger charge is 2.24. The molecule has 2 unspecified atom stereocenters. The zero-order valence-electron chi connectivity index (χ0n) is 7.57. The molecule has 0 bridgehead atoms. The summed E-state index contributed by atoms with van der Waals surface area (Å²) < 4.78 is 0. The van der Waals surface area contributed by atoms with Crippen molar-refractivity contribution in [2.24, 2.45) is 11.7 Å². The summed E-state index contributed by atoms with van der Waals surface area (Å²) in [6.07, 6.45) is 1.00. The molecule has 0 aliphatic rings. The topological polar surface area (TPSA) is 26.0 Å². The van der Waals surface area contributed by atoms with Crippen LogP contribution in [-0.4, -0.2) is 5.54 Å². The Balaban J connectivity index is 4.17. The molecular formula is C9H19N. The lowest BCUT2D eigenvalue weighted by Gasteiger charge is -2.30. The molecule has 2 N–H and O–H groups in total. The Morgan fingerprint density at radius 1 is 1.70 bits per heavy atom. The molecule has 10 heavy (non-hydrogen) atoms. The van der Waals surface area contributed by atoms with E-state index in [1.807, 2.05) is 6.92 Å². The highest BCUT2D eigenvalue weighted by molar-refractivity contribution is 5.03. The van der Waals surface area contributed by atoms with Gasteiger partial charge < -0.3 is 5.73 Å². The maximum absolute atomic E-state index is 6.00. The van der Waals surface area contributed by atoms with Crippen molar-refractivity contribution in [1.29, 1.82) is 0 Å². The highest BCUT2D eigenvalue weighted by Crippen LogP contribution is 2.22. The summed E-state index contributed by atoms with van der Waals surface area (Å²) in [6.45, 7) is 12.2. The van der Waals surface area contributed by atoms with Crippen molar-refractivity contribution in [2.75, 3.05) is 0 Å². The molecule has 0 aliphatic heterocycles. The van der Waals surface area contributed by atoms with Gasteiger partial charge in [-0.3, -0.25) is 0 Å². The van der Waals surface area contributed by atoms with Crippen LogP contribution >= 0.6 is 0 Å². The molecule has 0 amide bonds. The summed E-state index contributed by atoms with van der Waals surface area (Å²) in [7, 11) is 0. The molecule has 0 saturated heterocycles. The van der Waals surface area contributed by atoms with Crippen LogP contribution in [0.2, 0.25) is 0 Å². The van der Waals surface area contributed by atoms with Gasteiger partial charge in [-0.15, -0.1) is 0 Å². The number of rotatable bonds is 3. The van der Waals surface area contributed by atoms with E-state index in [1.54, 1.807) is 0 Å². The Morgan fingerprint density at radius 3 is 2.20 bits per heavy atom. The van der Waals surface area contributed by atoms with E-state index in [1.165, 1.54) is 5.57 Å². The minimum atomic E-state index is -0.0775. The summed E-state index contributed by atoms with van der Waals surface area (Å²) in [6, 6.07) is 0. The Bertz CT molecular complexity index is 125. The average Bonchev–Trinajstić information content (AvgIpc) is 1.86. The molecule has 0 saturated carbocycles. The van der Waals surface area contributed by atoms with E-state index in [4.69, 9.17) is 5.73 Å². The minimum Gasteiger partial charge on any atom is -0.325 e. The third-order valence-corrected chi connectivity index (χ3v) is 2.49. The second-order valence-corrected chi connectivity index (χ2v) is 3.43. The zero-order valence-corrected chi connectivity index (χ0v) is 7.57. The summed E-state index contributed by atoms with van der Waals surface area (Å²) in [4.78, 5) is 0. The smallest absolute Gasteiger partial charge is 0.0186 e. The van der Waals surface area contributed by atoms with E-state index < -0.39 is 0 Å². The average molecular weight is 141 g/mol. The van der Waals surface area contributed by atoms with Gasteiger partial charge in [0.15, 0.2) is 0 Å². The lowest BCUT2D eigenvalue weighted by Crippen LogP contribution is -2.42. The van der Waals surface area contributed by atoms with Crippen LogP contribution in [0, 0.1) is 5.92 Å². The van der Waals surface area contributed by atoms with Gasteiger partial charge in [-0.1, -0.05) is 26.0 Å². The second-order valence-electron chi connectivity index (χ2n) is 3.43. The van der Waals surface area contributed by atoms with Crippen molar-refractivity contribution in [3.05, 3.63) is 12.2 Å². The molecule has 0 spiro atoms. The summed E-state index contributed by atoms with van der Waals surface area (Å²) >= 11 is 0. The van der Waals surface area contributed by atoms with Gasteiger partial charge in [0.1, 0.15) is 0 Å². The maximum Gasteiger partial charge on any atom is 0.0186 e. The predicted octanol–water partition coefficient (Wildman–Crippen LogP) is 2.33. The van der Waals surface area contributed by atoms with Crippen LogP contribution < -0.4 is 5.73 Å². The fourth-order valence-electron chi connectivity index (χ4n) is 0.869.